The number of phosphoric acid groups is 1. The molecule has 2 unspecified atom stereocenters. The minimum Gasteiger partial charge on any atom is -0.462 e. The molecule has 0 amide bonds. The molecule has 0 aliphatic rings. The molecule has 0 heterocycles. The molecule has 338 valence electrons. The van der Waals surface area contributed by atoms with Gasteiger partial charge in [-0.15, -0.1) is 0 Å². The number of likely N-dealkylation sites (N-methyl/N-ethyl adjacent to an activating group) is 1. The van der Waals surface area contributed by atoms with Crippen LogP contribution in [0.1, 0.15) is 194 Å². The molecule has 0 aromatic carbocycles. The Morgan fingerprint density at radius 2 is 0.983 bits per heavy atom. The fraction of sp³-hybridized carbons (Fsp3) is 0.792. The molecule has 58 heavy (non-hydrogen) atoms. The van der Waals surface area contributed by atoms with Gasteiger partial charge in [0.15, 0.2) is 6.10 Å². The first-order chi connectivity index (χ1) is 28.0. The molecule has 9 nitrogen and oxygen atoms in total. The Labute approximate surface area is 356 Å². The van der Waals surface area contributed by atoms with Crippen LogP contribution in [0.25, 0.3) is 0 Å². The summed E-state index contributed by atoms with van der Waals surface area (Å²) in [7, 11) is 1.47. The van der Waals surface area contributed by atoms with Crippen LogP contribution in [0.2, 0.25) is 0 Å². The third kappa shape index (κ3) is 43.5. The minimum atomic E-state index is -4.37. The van der Waals surface area contributed by atoms with E-state index in [0.29, 0.717) is 17.4 Å². The van der Waals surface area contributed by atoms with Gasteiger partial charge < -0.3 is 18.9 Å². The van der Waals surface area contributed by atoms with Gasteiger partial charge in [-0.05, 0) is 51.4 Å². The summed E-state index contributed by atoms with van der Waals surface area (Å²) < 4.78 is 34.3. The van der Waals surface area contributed by atoms with Gasteiger partial charge in [0.05, 0.1) is 27.7 Å². The predicted molar refractivity (Wildman–Crippen MR) is 243 cm³/mol. The molecular formula is C48H89NO8P+. The van der Waals surface area contributed by atoms with Crippen molar-refractivity contribution in [1.82, 2.24) is 0 Å². The molecule has 1 N–H and O–H groups in total. The molecule has 0 aromatic rings. The highest BCUT2D eigenvalue weighted by Crippen LogP contribution is 2.43. The third-order valence-electron chi connectivity index (χ3n) is 9.87. The first-order valence-electron chi connectivity index (χ1n) is 23.4. The van der Waals surface area contributed by atoms with E-state index in [-0.39, 0.29) is 32.0 Å². The molecule has 0 fully saturated rings. The summed E-state index contributed by atoms with van der Waals surface area (Å²) in [5.74, 6) is -0.802. The van der Waals surface area contributed by atoms with Crippen LogP contribution in [0, 0.1) is 0 Å². The number of ether oxygens (including phenoxy) is 2. The van der Waals surface area contributed by atoms with Gasteiger partial charge in [-0.1, -0.05) is 178 Å². The summed E-state index contributed by atoms with van der Waals surface area (Å²) in [4.78, 5) is 35.4. The van der Waals surface area contributed by atoms with Gasteiger partial charge in [-0.3, -0.25) is 18.6 Å². The number of hydrogen-bond acceptors (Lipinski definition) is 7. The number of nitrogens with zero attached hydrogens (tertiary/aromatic N) is 1. The molecule has 0 aliphatic heterocycles. The lowest BCUT2D eigenvalue weighted by Crippen LogP contribution is -2.37. The Balaban J connectivity index is 4.25. The molecule has 0 saturated heterocycles. The number of quaternary nitrogens is 1. The minimum absolute atomic E-state index is 0.0307. The van der Waals surface area contributed by atoms with E-state index in [0.717, 1.165) is 70.6 Å². The van der Waals surface area contributed by atoms with E-state index in [1.54, 1.807) is 0 Å². The summed E-state index contributed by atoms with van der Waals surface area (Å²) >= 11 is 0. The van der Waals surface area contributed by atoms with E-state index in [1.165, 1.54) is 89.9 Å². The summed E-state index contributed by atoms with van der Waals surface area (Å²) in [5.41, 5.74) is 0. The summed E-state index contributed by atoms with van der Waals surface area (Å²) in [5, 5.41) is 0. The Morgan fingerprint density at radius 3 is 1.47 bits per heavy atom. The van der Waals surface area contributed by atoms with Crippen molar-refractivity contribution in [2.75, 3.05) is 47.5 Å². The van der Waals surface area contributed by atoms with Crippen molar-refractivity contribution in [3.05, 3.63) is 48.6 Å². The average Bonchev–Trinajstić information content (AvgIpc) is 3.17. The van der Waals surface area contributed by atoms with Crippen LogP contribution in [0.3, 0.4) is 0 Å². The van der Waals surface area contributed by atoms with Crippen molar-refractivity contribution in [3.8, 4) is 0 Å². The van der Waals surface area contributed by atoms with Crippen LogP contribution >= 0.6 is 7.82 Å². The molecule has 0 rings (SSSR count). The van der Waals surface area contributed by atoms with Crippen LogP contribution in [0.5, 0.6) is 0 Å². The normalized spacial score (nSPS) is 14.0. The zero-order valence-corrected chi connectivity index (χ0v) is 38.9. The maximum absolute atomic E-state index is 12.7. The van der Waals surface area contributed by atoms with Crippen molar-refractivity contribution >= 4 is 19.8 Å². The average molecular weight is 839 g/mol. The number of hydrogen-bond donors (Lipinski definition) is 1. The molecule has 0 radical (unpaired) electrons. The Morgan fingerprint density at radius 1 is 0.552 bits per heavy atom. The third-order valence-corrected chi connectivity index (χ3v) is 10.9. The van der Waals surface area contributed by atoms with Crippen LogP contribution in [0.4, 0.5) is 0 Å². The van der Waals surface area contributed by atoms with Gasteiger partial charge in [0, 0.05) is 12.8 Å². The second-order valence-electron chi connectivity index (χ2n) is 16.8. The fourth-order valence-corrected chi connectivity index (χ4v) is 6.98. The fourth-order valence-electron chi connectivity index (χ4n) is 6.24. The van der Waals surface area contributed by atoms with Crippen LogP contribution < -0.4 is 0 Å². The van der Waals surface area contributed by atoms with E-state index >= 15 is 0 Å². The zero-order valence-electron chi connectivity index (χ0n) is 38.0. The largest absolute Gasteiger partial charge is 0.472 e. The van der Waals surface area contributed by atoms with Gasteiger partial charge in [-0.2, -0.15) is 0 Å². The van der Waals surface area contributed by atoms with Gasteiger partial charge in [0.1, 0.15) is 19.8 Å². The predicted octanol–water partition coefficient (Wildman–Crippen LogP) is 13.5. The van der Waals surface area contributed by atoms with E-state index in [4.69, 9.17) is 18.5 Å². The van der Waals surface area contributed by atoms with Crippen molar-refractivity contribution in [2.24, 2.45) is 0 Å². The lowest BCUT2D eigenvalue weighted by atomic mass is 10.0. The molecule has 2 atom stereocenters. The number of esters is 2. The number of rotatable bonds is 42. The summed E-state index contributed by atoms with van der Waals surface area (Å²) in [6.45, 7) is 4.30. The molecule has 0 bridgehead atoms. The standard InChI is InChI=1S/C48H88NO8P/c1-6-8-10-12-14-16-18-19-20-21-22-23-24-25-26-27-28-29-31-33-35-37-39-41-48(51)57-46(45-56-58(52,53)55-43-42-49(3,4)5)44-54-47(50)40-38-36-34-32-30-17-15-13-11-9-7-2/h8,10,14,16,19-20,22-23,46H,6-7,9,11-13,15,17-18,21,24-45H2,1-5H3/p+1/b10-8-,16-14-,20-19-,23-22-. The van der Waals surface area contributed by atoms with Crippen molar-refractivity contribution < 1.29 is 42.1 Å². The summed E-state index contributed by atoms with van der Waals surface area (Å²) in [6, 6.07) is 0. The van der Waals surface area contributed by atoms with Gasteiger partial charge in [-0.25, -0.2) is 4.57 Å². The molecule has 10 heteroatoms. The zero-order chi connectivity index (χ0) is 42.8. The first-order valence-corrected chi connectivity index (χ1v) is 24.9. The Kier molecular flexibility index (Phi) is 39.0. The van der Waals surface area contributed by atoms with E-state index < -0.39 is 26.5 Å². The van der Waals surface area contributed by atoms with E-state index in [9.17, 15) is 19.0 Å². The number of carbonyl (C=O) groups is 2. The topological polar surface area (TPSA) is 108 Å². The lowest BCUT2D eigenvalue weighted by molar-refractivity contribution is -0.870. The number of phosphoric ester groups is 1. The highest BCUT2D eigenvalue weighted by molar-refractivity contribution is 7.47. The maximum Gasteiger partial charge on any atom is 0.472 e. The SMILES string of the molecule is CC/C=C\C/C=C\C/C=C\C/C=C\CCCCCCCCCCCCC(=O)OC(COC(=O)CCCCCCCCCCCCC)COP(=O)(O)OCC[N+](C)(C)C. The van der Waals surface area contributed by atoms with Crippen LogP contribution in [-0.2, 0) is 32.7 Å². The van der Waals surface area contributed by atoms with Gasteiger partial charge in [0.25, 0.3) is 0 Å². The van der Waals surface area contributed by atoms with Crippen molar-refractivity contribution in [1.29, 1.82) is 0 Å². The highest BCUT2D eigenvalue weighted by Gasteiger charge is 2.27. The van der Waals surface area contributed by atoms with Crippen LogP contribution in [-0.4, -0.2) is 74.9 Å². The van der Waals surface area contributed by atoms with Crippen molar-refractivity contribution in [2.45, 2.75) is 200 Å². The number of unbranched alkanes of at least 4 members (excludes halogenated alkanes) is 20. The monoisotopic (exact) mass is 839 g/mol. The second kappa shape index (κ2) is 40.4. The lowest BCUT2D eigenvalue weighted by Gasteiger charge is -2.24. The molecule has 0 aromatic heterocycles. The van der Waals surface area contributed by atoms with Gasteiger partial charge >= 0.3 is 19.8 Å². The summed E-state index contributed by atoms with van der Waals surface area (Å²) in [6.07, 6.45) is 47.3. The Bertz CT molecular complexity index is 1130. The molecule has 0 aliphatic carbocycles. The molecule has 0 saturated carbocycles. The highest BCUT2D eigenvalue weighted by atomic mass is 31.2. The first kappa shape index (κ1) is 56.0. The van der Waals surface area contributed by atoms with E-state index in [2.05, 4.69) is 62.5 Å². The maximum atomic E-state index is 12.7. The van der Waals surface area contributed by atoms with E-state index in [1.807, 2.05) is 21.1 Å². The number of allylic oxidation sites excluding steroid dienone is 8. The smallest absolute Gasteiger partial charge is 0.462 e. The number of carbonyl (C=O) groups excluding carboxylic acids is 2. The van der Waals surface area contributed by atoms with Gasteiger partial charge in [0.2, 0.25) is 0 Å². The molecular weight excluding hydrogens is 750 g/mol. The second-order valence-corrected chi connectivity index (χ2v) is 18.2. The Hall–Kier alpha value is -2.03. The van der Waals surface area contributed by atoms with Crippen molar-refractivity contribution in [3.63, 3.8) is 0 Å². The quantitative estimate of drug-likeness (QED) is 0.0213. The molecule has 0 spiro atoms. The van der Waals surface area contributed by atoms with Crippen LogP contribution in [0.15, 0.2) is 48.6 Å².